The van der Waals surface area contributed by atoms with Gasteiger partial charge in [0.2, 0.25) is 5.91 Å². The lowest BCUT2D eigenvalue weighted by Gasteiger charge is -2.37. The highest BCUT2D eigenvalue weighted by atomic mass is 32.2. The Balaban J connectivity index is 1.15. The minimum absolute atomic E-state index is 0.144. The first-order valence-electron chi connectivity index (χ1n) is 11.1. The Labute approximate surface area is 201 Å². The molecule has 0 N–H and O–H groups in total. The van der Waals surface area contributed by atoms with Crippen LogP contribution in [0.25, 0.3) is 15.9 Å². The lowest BCUT2D eigenvalue weighted by atomic mass is 10.2. The van der Waals surface area contributed by atoms with Crippen molar-refractivity contribution in [3.63, 3.8) is 0 Å². The molecule has 1 fully saturated rings. The summed E-state index contributed by atoms with van der Waals surface area (Å²) in [7, 11) is 0. The number of benzene rings is 2. The van der Waals surface area contributed by atoms with E-state index in [0.717, 1.165) is 47.5 Å². The lowest BCUT2D eigenvalue weighted by molar-refractivity contribution is -0.130. The Morgan fingerprint density at radius 3 is 2.61 bits per heavy atom. The summed E-state index contributed by atoms with van der Waals surface area (Å²) in [5.74, 6) is 0.503. The maximum Gasteiger partial charge on any atom is 0.233 e. The van der Waals surface area contributed by atoms with E-state index in [1.54, 1.807) is 17.7 Å². The second kappa shape index (κ2) is 9.62. The van der Waals surface area contributed by atoms with Crippen molar-refractivity contribution < 1.29 is 4.79 Å². The summed E-state index contributed by atoms with van der Waals surface area (Å²) in [6.45, 7) is 7.45. The van der Waals surface area contributed by atoms with E-state index in [1.165, 1.54) is 22.0 Å². The minimum Gasteiger partial charge on any atom is -0.339 e. The van der Waals surface area contributed by atoms with Crippen LogP contribution in [0.15, 0.2) is 60.0 Å². The van der Waals surface area contributed by atoms with Gasteiger partial charge in [-0.2, -0.15) is 0 Å². The average Bonchev–Trinajstić information content (AvgIpc) is 3.50. The first kappa shape index (κ1) is 22.1. The third-order valence-corrected chi connectivity index (χ3v) is 8.17. The number of carbonyl (C=O) groups is 1. The summed E-state index contributed by atoms with van der Waals surface area (Å²) in [4.78, 5) is 22.1. The number of fused-ring (bicyclic) bond motifs is 1. The molecule has 1 amide bonds. The van der Waals surface area contributed by atoms with E-state index >= 15 is 0 Å². The highest BCUT2D eigenvalue weighted by Crippen LogP contribution is 2.30. The third-order valence-electron chi connectivity index (χ3n) is 6.04. The van der Waals surface area contributed by atoms with Crippen LogP contribution >= 0.6 is 23.1 Å². The number of aryl methyl sites for hydroxylation is 1. The molecule has 170 valence electrons. The molecule has 0 unspecified atom stereocenters. The van der Waals surface area contributed by atoms with E-state index in [-0.39, 0.29) is 11.9 Å². The fraction of sp³-hybridized carbons (Fsp3) is 0.333. The number of rotatable bonds is 6. The molecule has 0 aliphatic carbocycles. The van der Waals surface area contributed by atoms with Crippen molar-refractivity contribution in [1.29, 1.82) is 0 Å². The van der Waals surface area contributed by atoms with Crippen LogP contribution in [-0.4, -0.2) is 67.4 Å². The lowest BCUT2D eigenvalue weighted by Crippen LogP contribution is -2.49. The summed E-state index contributed by atoms with van der Waals surface area (Å²) >= 11 is 3.20. The van der Waals surface area contributed by atoms with E-state index < -0.39 is 0 Å². The molecule has 4 aromatic rings. The monoisotopic (exact) mass is 478 g/mol. The smallest absolute Gasteiger partial charge is 0.233 e. The molecule has 1 atom stereocenters. The molecule has 5 rings (SSSR count). The van der Waals surface area contributed by atoms with Gasteiger partial charge in [0, 0.05) is 31.9 Å². The van der Waals surface area contributed by atoms with E-state index in [0.29, 0.717) is 5.75 Å². The van der Waals surface area contributed by atoms with Gasteiger partial charge in [0.05, 0.1) is 22.0 Å². The van der Waals surface area contributed by atoms with Crippen molar-refractivity contribution in [2.75, 3.05) is 31.9 Å². The second-order valence-electron chi connectivity index (χ2n) is 8.22. The number of aromatic nitrogens is 4. The van der Waals surface area contributed by atoms with E-state index in [2.05, 4.69) is 59.3 Å². The molecule has 0 bridgehead atoms. The summed E-state index contributed by atoms with van der Waals surface area (Å²) in [5.41, 5.74) is 3.26. The number of thioether (sulfide) groups is 1. The number of thiazole rings is 1. The van der Waals surface area contributed by atoms with Crippen molar-refractivity contribution in [3.8, 4) is 5.69 Å². The van der Waals surface area contributed by atoms with Gasteiger partial charge >= 0.3 is 0 Å². The molecule has 0 saturated carbocycles. The second-order valence-corrected chi connectivity index (χ2v) is 10.2. The molecule has 0 spiro atoms. The van der Waals surface area contributed by atoms with Gasteiger partial charge in [-0.3, -0.25) is 14.3 Å². The van der Waals surface area contributed by atoms with E-state index in [1.807, 2.05) is 27.7 Å². The number of carbonyl (C=O) groups excluding carboxylic acids is 1. The topological polar surface area (TPSA) is 67.2 Å². The Bertz CT molecular complexity index is 1210. The molecule has 3 heterocycles. The van der Waals surface area contributed by atoms with Gasteiger partial charge in [0.1, 0.15) is 11.3 Å². The molecule has 1 saturated heterocycles. The molecular formula is C24H26N6OS2. The van der Waals surface area contributed by atoms with E-state index in [4.69, 9.17) is 4.98 Å². The summed E-state index contributed by atoms with van der Waals surface area (Å²) in [6.07, 6.45) is 1.69. The number of piperazine rings is 1. The summed E-state index contributed by atoms with van der Waals surface area (Å²) < 4.78 is 3.15. The van der Waals surface area contributed by atoms with Crippen LogP contribution in [-0.2, 0) is 4.79 Å². The molecule has 2 aromatic carbocycles. The predicted octanol–water partition coefficient (Wildman–Crippen LogP) is 4.18. The Hall–Kier alpha value is -2.75. The van der Waals surface area contributed by atoms with Gasteiger partial charge in [-0.15, -0.1) is 21.5 Å². The van der Waals surface area contributed by atoms with Crippen molar-refractivity contribution in [2.24, 2.45) is 0 Å². The zero-order chi connectivity index (χ0) is 22.8. The Kier molecular flexibility index (Phi) is 6.43. The van der Waals surface area contributed by atoms with Crippen LogP contribution in [0.2, 0.25) is 0 Å². The van der Waals surface area contributed by atoms with Gasteiger partial charge in [0.25, 0.3) is 0 Å². The molecule has 2 aromatic heterocycles. The van der Waals surface area contributed by atoms with Gasteiger partial charge < -0.3 is 4.90 Å². The van der Waals surface area contributed by atoms with Crippen molar-refractivity contribution in [2.45, 2.75) is 25.0 Å². The van der Waals surface area contributed by atoms with Crippen LogP contribution in [0.5, 0.6) is 0 Å². The molecule has 7 nitrogen and oxygen atoms in total. The molecule has 1 aliphatic rings. The molecule has 1 aliphatic heterocycles. The van der Waals surface area contributed by atoms with Gasteiger partial charge in [0.15, 0.2) is 5.16 Å². The van der Waals surface area contributed by atoms with Crippen LogP contribution in [0.4, 0.5) is 0 Å². The zero-order valence-electron chi connectivity index (χ0n) is 18.7. The molecule has 0 radical (unpaired) electrons. The molecular weight excluding hydrogens is 452 g/mol. The summed E-state index contributed by atoms with van der Waals surface area (Å²) in [6, 6.07) is 16.7. The van der Waals surface area contributed by atoms with Crippen molar-refractivity contribution in [1.82, 2.24) is 29.5 Å². The fourth-order valence-corrected chi connectivity index (χ4v) is 5.89. The third kappa shape index (κ3) is 4.80. The maximum absolute atomic E-state index is 12.9. The van der Waals surface area contributed by atoms with Crippen LogP contribution in [0.3, 0.4) is 0 Å². The fourth-order valence-electron chi connectivity index (χ4n) is 4.01. The van der Waals surface area contributed by atoms with Crippen molar-refractivity contribution in [3.05, 3.63) is 65.4 Å². The summed E-state index contributed by atoms with van der Waals surface area (Å²) in [5, 5.41) is 10.1. The van der Waals surface area contributed by atoms with Gasteiger partial charge in [-0.25, -0.2) is 4.98 Å². The number of amides is 1. The molecule has 33 heavy (non-hydrogen) atoms. The van der Waals surface area contributed by atoms with Gasteiger partial charge in [-0.05, 0) is 38.1 Å². The zero-order valence-corrected chi connectivity index (χ0v) is 20.4. The van der Waals surface area contributed by atoms with Crippen LogP contribution < -0.4 is 0 Å². The van der Waals surface area contributed by atoms with Gasteiger partial charge in [-0.1, -0.05) is 41.6 Å². The van der Waals surface area contributed by atoms with Crippen LogP contribution in [0, 0.1) is 6.92 Å². The normalized spacial score (nSPS) is 15.8. The highest BCUT2D eigenvalue weighted by molar-refractivity contribution is 7.99. The average molecular weight is 479 g/mol. The molecule has 9 heteroatoms. The predicted molar refractivity (Wildman–Crippen MR) is 133 cm³/mol. The first-order valence-corrected chi connectivity index (χ1v) is 12.9. The standard InChI is InChI=1S/C24H26N6OS2/c1-17-7-9-19(10-8-17)30-16-25-27-24(30)32-15-22(31)29-13-11-28(12-14-29)18(2)23-26-20-5-3-4-6-21(20)33-23/h3-10,16,18H,11-15H2,1-2H3/t18-/m0/s1. The Morgan fingerprint density at radius 1 is 1.09 bits per heavy atom. The van der Waals surface area contributed by atoms with E-state index in [9.17, 15) is 4.79 Å². The SMILES string of the molecule is Cc1ccc(-n2cnnc2SCC(=O)N2CCN([C@@H](C)c3nc4ccccc4s3)CC2)cc1. The number of nitrogens with zero attached hydrogens (tertiary/aromatic N) is 6. The number of hydrogen-bond donors (Lipinski definition) is 0. The number of para-hydroxylation sites is 1. The van der Waals surface area contributed by atoms with Crippen molar-refractivity contribution >= 4 is 39.2 Å². The van der Waals surface area contributed by atoms with Crippen LogP contribution in [0.1, 0.15) is 23.5 Å². The quantitative estimate of drug-likeness (QED) is 0.387. The number of hydrogen-bond acceptors (Lipinski definition) is 7. The Morgan fingerprint density at radius 2 is 1.85 bits per heavy atom. The largest absolute Gasteiger partial charge is 0.339 e. The highest BCUT2D eigenvalue weighted by Gasteiger charge is 2.26. The maximum atomic E-state index is 12.9. The first-order chi connectivity index (χ1) is 16.1. The minimum atomic E-state index is 0.144.